The summed E-state index contributed by atoms with van der Waals surface area (Å²) in [4.78, 5) is 39.6. The number of hydrogen-bond donors (Lipinski definition) is 1. The van der Waals surface area contributed by atoms with Gasteiger partial charge in [-0.1, -0.05) is 18.2 Å². The van der Waals surface area contributed by atoms with Gasteiger partial charge in [0.25, 0.3) is 17.7 Å². The van der Waals surface area contributed by atoms with Crippen molar-refractivity contribution in [3.8, 4) is 11.8 Å². The molecule has 3 aromatic carbocycles. The van der Waals surface area contributed by atoms with Crippen LogP contribution in [0.3, 0.4) is 0 Å². The number of anilines is 1. The third-order valence-corrected chi connectivity index (χ3v) is 6.49. The van der Waals surface area contributed by atoms with Gasteiger partial charge in [0.1, 0.15) is 5.75 Å². The van der Waals surface area contributed by atoms with E-state index in [1.54, 1.807) is 48.2 Å². The van der Waals surface area contributed by atoms with Gasteiger partial charge in [-0.05, 0) is 61.0 Å². The quantitative estimate of drug-likeness (QED) is 0.356. The molecule has 35 heavy (non-hydrogen) atoms. The summed E-state index contributed by atoms with van der Waals surface area (Å²) in [6, 6.07) is 20.9. The molecule has 3 aromatic rings. The number of rotatable bonds is 9. The molecule has 3 amide bonds. The molecule has 0 bridgehead atoms. The van der Waals surface area contributed by atoms with Gasteiger partial charge in [0.05, 0.1) is 35.1 Å². The Morgan fingerprint density at radius 2 is 1.77 bits per heavy atom. The zero-order chi connectivity index (χ0) is 24.8. The number of hydrogen-bond acceptors (Lipinski definition) is 6. The van der Waals surface area contributed by atoms with Crippen molar-refractivity contribution >= 4 is 35.2 Å². The molecule has 8 heteroatoms. The van der Waals surface area contributed by atoms with Crippen molar-refractivity contribution in [1.82, 2.24) is 5.32 Å². The molecule has 7 nitrogen and oxygen atoms in total. The van der Waals surface area contributed by atoms with Crippen LogP contribution in [0.15, 0.2) is 66.7 Å². The summed E-state index contributed by atoms with van der Waals surface area (Å²) in [6.45, 7) is 2.83. The highest BCUT2D eigenvalue weighted by Gasteiger charge is 2.37. The molecular formula is C27H23N3O4S. The van der Waals surface area contributed by atoms with E-state index in [0.29, 0.717) is 47.2 Å². The van der Waals surface area contributed by atoms with Crippen LogP contribution < -0.4 is 15.0 Å². The summed E-state index contributed by atoms with van der Waals surface area (Å²) < 4.78 is 5.41. The summed E-state index contributed by atoms with van der Waals surface area (Å²) in [6.07, 6.45) is 0. The Morgan fingerprint density at radius 3 is 2.51 bits per heavy atom. The van der Waals surface area contributed by atoms with E-state index < -0.39 is 11.8 Å². The molecular weight excluding hydrogens is 462 g/mol. The number of ether oxygens (including phenoxy) is 1. The number of nitriles is 1. The van der Waals surface area contributed by atoms with E-state index in [2.05, 4.69) is 11.4 Å². The van der Waals surface area contributed by atoms with Crippen molar-refractivity contribution in [2.45, 2.75) is 12.7 Å². The molecule has 1 heterocycles. The van der Waals surface area contributed by atoms with E-state index in [1.165, 1.54) is 12.1 Å². The van der Waals surface area contributed by atoms with E-state index in [0.717, 1.165) is 10.5 Å². The number of thioether (sulfide) groups is 1. The minimum Gasteiger partial charge on any atom is -0.494 e. The highest BCUT2D eigenvalue weighted by molar-refractivity contribution is 7.98. The lowest BCUT2D eigenvalue weighted by molar-refractivity contribution is 0.0923. The first kappa shape index (κ1) is 24.0. The highest BCUT2D eigenvalue weighted by atomic mass is 32.2. The predicted molar refractivity (Wildman–Crippen MR) is 135 cm³/mol. The predicted octanol–water partition coefficient (Wildman–Crippen LogP) is 4.42. The Hall–Kier alpha value is -4.09. The third kappa shape index (κ3) is 5.20. The fraction of sp³-hybridized carbons (Fsp3) is 0.185. The van der Waals surface area contributed by atoms with Crippen molar-refractivity contribution in [2.24, 2.45) is 0 Å². The third-order valence-electron chi connectivity index (χ3n) is 5.48. The Morgan fingerprint density at radius 1 is 1.03 bits per heavy atom. The lowest BCUT2D eigenvalue weighted by atomic mass is 10.1. The second kappa shape index (κ2) is 10.9. The number of nitrogens with zero attached hydrogens (tertiary/aromatic N) is 2. The summed E-state index contributed by atoms with van der Waals surface area (Å²) in [5.41, 5.74) is 2.86. The second-order valence-electron chi connectivity index (χ2n) is 7.71. The molecule has 1 N–H and O–H groups in total. The topological polar surface area (TPSA) is 99.5 Å². The highest BCUT2D eigenvalue weighted by Crippen LogP contribution is 2.30. The van der Waals surface area contributed by atoms with Crippen LogP contribution in [-0.4, -0.2) is 36.6 Å². The van der Waals surface area contributed by atoms with Gasteiger partial charge in [-0.15, -0.1) is 0 Å². The van der Waals surface area contributed by atoms with Gasteiger partial charge in [0.2, 0.25) is 0 Å². The largest absolute Gasteiger partial charge is 0.494 e. The molecule has 0 saturated carbocycles. The first-order valence-corrected chi connectivity index (χ1v) is 12.3. The number of benzene rings is 3. The molecule has 0 saturated heterocycles. The van der Waals surface area contributed by atoms with Crippen LogP contribution in [0, 0.1) is 11.3 Å². The summed E-state index contributed by atoms with van der Waals surface area (Å²) in [5.74, 6) is 0.797. The fourth-order valence-electron chi connectivity index (χ4n) is 3.75. The van der Waals surface area contributed by atoms with Gasteiger partial charge in [-0.3, -0.25) is 14.4 Å². The number of carbonyl (C=O) groups is 3. The summed E-state index contributed by atoms with van der Waals surface area (Å²) in [7, 11) is 0. The molecule has 0 spiro atoms. The number of imide groups is 1. The van der Waals surface area contributed by atoms with Crippen LogP contribution in [0.25, 0.3) is 0 Å². The minimum atomic E-state index is -0.462. The van der Waals surface area contributed by atoms with Crippen molar-refractivity contribution in [1.29, 1.82) is 5.26 Å². The van der Waals surface area contributed by atoms with Crippen LogP contribution in [0.1, 0.15) is 49.1 Å². The zero-order valence-corrected chi connectivity index (χ0v) is 19.9. The second-order valence-corrected chi connectivity index (χ2v) is 8.82. The zero-order valence-electron chi connectivity index (χ0n) is 19.1. The number of amides is 3. The van der Waals surface area contributed by atoms with E-state index in [4.69, 9.17) is 10.00 Å². The van der Waals surface area contributed by atoms with Crippen molar-refractivity contribution in [3.05, 3.63) is 94.5 Å². The number of carbonyl (C=O) groups excluding carboxylic acids is 3. The van der Waals surface area contributed by atoms with E-state index in [1.807, 2.05) is 25.1 Å². The maximum Gasteiger partial charge on any atom is 0.266 e. The van der Waals surface area contributed by atoms with Gasteiger partial charge < -0.3 is 10.1 Å². The van der Waals surface area contributed by atoms with Crippen LogP contribution in [0.2, 0.25) is 0 Å². The monoisotopic (exact) mass is 485 g/mol. The molecule has 1 aliphatic heterocycles. The van der Waals surface area contributed by atoms with Crippen LogP contribution >= 0.6 is 11.8 Å². The molecule has 0 aliphatic carbocycles. The minimum absolute atomic E-state index is 0.207. The summed E-state index contributed by atoms with van der Waals surface area (Å²) >= 11 is 1.62. The molecule has 1 aliphatic rings. The Bertz CT molecular complexity index is 1310. The molecule has 0 aromatic heterocycles. The normalized spacial score (nSPS) is 12.3. The molecule has 0 atom stereocenters. The maximum absolute atomic E-state index is 13.0. The first-order chi connectivity index (χ1) is 17.0. The maximum atomic E-state index is 13.0. The SMILES string of the molecule is CCOc1ccc(N2C(=O)c3ccc(C(=O)NCCSCc4ccccc4C#N)cc3C2=O)cc1. The van der Waals surface area contributed by atoms with Crippen molar-refractivity contribution in [3.63, 3.8) is 0 Å². The first-order valence-electron chi connectivity index (χ1n) is 11.1. The lowest BCUT2D eigenvalue weighted by Gasteiger charge is -2.14. The molecule has 176 valence electrons. The van der Waals surface area contributed by atoms with Gasteiger partial charge in [-0.2, -0.15) is 17.0 Å². The van der Waals surface area contributed by atoms with Crippen LogP contribution in [0.4, 0.5) is 5.69 Å². The molecule has 4 rings (SSSR count). The van der Waals surface area contributed by atoms with E-state index in [9.17, 15) is 14.4 Å². The fourth-order valence-corrected chi connectivity index (χ4v) is 4.61. The molecule has 0 unspecified atom stereocenters. The van der Waals surface area contributed by atoms with E-state index in [-0.39, 0.29) is 17.0 Å². The average molecular weight is 486 g/mol. The Balaban J connectivity index is 1.36. The molecule has 0 fully saturated rings. The smallest absolute Gasteiger partial charge is 0.266 e. The average Bonchev–Trinajstić information content (AvgIpc) is 3.13. The van der Waals surface area contributed by atoms with Gasteiger partial charge in [0, 0.05) is 23.6 Å². The van der Waals surface area contributed by atoms with Crippen LogP contribution in [0.5, 0.6) is 5.75 Å². The van der Waals surface area contributed by atoms with Gasteiger partial charge >= 0.3 is 0 Å². The lowest BCUT2D eigenvalue weighted by Crippen LogP contribution is -2.29. The van der Waals surface area contributed by atoms with E-state index >= 15 is 0 Å². The number of nitrogens with one attached hydrogen (secondary N) is 1. The Labute approximate surface area is 207 Å². The standard InChI is InChI=1S/C27H23N3O4S/c1-2-34-22-10-8-21(9-11-22)30-26(32)23-12-7-18(15-24(23)27(30)33)25(31)29-13-14-35-17-20-6-4-3-5-19(20)16-28/h3-12,15H,2,13-14,17H2,1H3,(H,29,31). The Kier molecular flexibility index (Phi) is 7.48. The van der Waals surface area contributed by atoms with Crippen molar-refractivity contribution in [2.75, 3.05) is 23.8 Å². The van der Waals surface area contributed by atoms with Crippen molar-refractivity contribution < 1.29 is 19.1 Å². The molecule has 0 radical (unpaired) electrons. The van der Waals surface area contributed by atoms with Gasteiger partial charge in [0.15, 0.2) is 0 Å². The summed E-state index contributed by atoms with van der Waals surface area (Å²) in [5, 5.41) is 12.0. The van der Waals surface area contributed by atoms with Crippen LogP contribution in [-0.2, 0) is 5.75 Å². The van der Waals surface area contributed by atoms with Gasteiger partial charge in [-0.25, -0.2) is 4.90 Å². The number of fused-ring (bicyclic) bond motifs is 1.